The summed E-state index contributed by atoms with van der Waals surface area (Å²) in [6.07, 6.45) is 1.08. The summed E-state index contributed by atoms with van der Waals surface area (Å²) in [7, 11) is 0. The van der Waals surface area contributed by atoms with Crippen molar-refractivity contribution in [3.63, 3.8) is 0 Å². The van der Waals surface area contributed by atoms with E-state index >= 15 is 0 Å². The molecule has 1 aromatic heterocycles. The van der Waals surface area contributed by atoms with E-state index < -0.39 is 0 Å². The van der Waals surface area contributed by atoms with Gasteiger partial charge in [-0.15, -0.1) is 11.3 Å². The van der Waals surface area contributed by atoms with Crippen molar-refractivity contribution in [3.8, 4) is 0 Å². The monoisotopic (exact) mass is 327 g/mol. The van der Waals surface area contributed by atoms with Crippen molar-refractivity contribution in [3.05, 3.63) is 55.2 Å². The molecule has 0 spiro atoms. The van der Waals surface area contributed by atoms with E-state index in [4.69, 9.17) is 23.2 Å². The summed E-state index contributed by atoms with van der Waals surface area (Å²) in [5.41, 5.74) is 2.35. The summed E-state index contributed by atoms with van der Waals surface area (Å²) in [5, 5.41) is 4.84. The van der Waals surface area contributed by atoms with E-state index in [0.717, 1.165) is 18.5 Å². The Kier molecular flexibility index (Phi) is 5.50. The van der Waals surface area contributed by atoms with E-state index in [-0.39, 0.29) is 6.04 Å². The largest absolute Gasteiger partial charge is 0.306 e. The molecule has 0 fully saturated rings. The van der Waals surface area contributed by atoms with Crippen molar-refractivity contribution in [2.75, 3.05) is 6.54 Å². The first-order valence-corrected chi connectivity index (χ1v) is 8.36. The second-order valence-electron chi connectivity index (χ2n) is 4.90. The van der Waals surface area contributed by atoms with Gasteiger partial charge in [0.2, 0.25) is 0 Å². The molecule has 0 bridgehead atoms. The number of thiophene rings is 1. The van der Waals surface area contributed by atoms with Gasteiger partial charge in [-0.3, -0.25) is 0 Å². The first-order chi connectivity index (χ1) is 9.54. The van der Waals surface area contributed by atoms with Crippen LogP contribution in [0.15, 0.2) is 24.3 Å². The second kappa shape index (κ2) is 6.95. The van der Waals surface area contributed by atoms with E-state index in [1.54, 1.807) is 0 Å². The molecule has 0 radical (unpaired) electrons. The van der Waals surface area contributed by atoms with E-state index in [9.17, 15) is 0 Å². The third kappa shape index (κ3) is 3.37. The van der Waals surface area contributed by atoms with Crippen LogP contribution in [0.3, 0.4) is 0 Å². The van der Waals surface area contributed by atoms with Crippen LogP contribution in [0.5, 0.6) is 0 Å². The Morgan fingerprint density at radius 3 is 2.55 bits per heavy atom. The SMILES string of the molecule is CCCNC(c1cc(C)sc1C)c1cccc(Cl)c1Cl. The molecule has 20 heavy (non-hydrogen) atoms. The summed E-state index contributed by atoms with van der Waals surface area (Å²) >= 11 is 14.4. The molecule has 0 aliphatic heterocycles. The Labute approximate surface area is 134 Å². The quantitative estimate of drug-likeness (QED) is 0.736. The van der Waals surface area contributed by atoms with Gasteiger partial charge in [0.15, 0.2) is 0 Å². The van der Waals surface area contributed by atoms with E-state index in [0.29, 0.717) is 10.0 Å². The number of hydrogen-bond acceptors (Lipinski definition) is 2. The molecular weight excluding hydrogens is 309 g/mol. The summed E-state index contributed by atoms with van der Waals surface area (Å²) in [5.74, 6) is 0. The first kappa shape index (κ1) is 15.8. The molecule has 1 unspecified atom stereocenters. The zero-order valence-electron chi connectivity index (χ0n) is 12.0. The van der Waals surface area contributed by atoms with Gasteiger partial charge in [0, 0.05) is 9.75 Å². The maximum absolute atomic E-state index is 6.41. The third-order valence-corrected chi connectivity index (χ3v) is 5.10. The van der Waals surface area contributed by atoms with Crippen molar-refractivity contribution in [1.82, 2.24) is 5.32 Å². The maximum atomic E-state index is 6.41. The summed E-state index contributed by atoms with van der Waals surface area (Å²) in [6.45, 7) is 7.40. The van der Waals surface area contributed by atoms with Gasteiger partial charge in [0.05, 0.1) is 16.1 Å². The van der Waals surface area contributed by atoms with E-state index in [1.165, 1.54) is 15.3 Å². The lowest BCUT2D eigenvalue weighted by molar-refractivity contribution is 0.598. The average molecular weight is 328 g/mol. The molecule has 2 aromatic rings. The number of nitrogens with one attached hydrogen (secondary N) is 1. The Morgan fingerprint density at radius 2 is 1.95 bits per heavy atom. The van der Waals surface area contributed by atoms with Crippen molar-refractivity contribution in [1.29, 1.82) is 0 Å². The molecule has 0 aliphatic rings. The minimum Gasteiger partial charge on any atom is -0.306 e. The van der Waals surface area contributed by atoms with Gasteiger partial charge < -0.3 is 5.32 Å². The summed E-state index contributed by atoms with van der Waals surface area (Å²) in [4.78, 5) is 2.64. The van der Waals surface area contributed by atoms with Crippen LogP contribution in [-0.2, 0) is 0 Å². The minimum absolute atomic E-state index is 0.103. The Hall–Kier alpha value is -0.540. The Bertz CT molecular complexity index is 592. The molecule has 0 saturated heterocycles. The Balaban J connectivity index is 2.47. The smallest absolute Gasteiger partial charge is 0.0643 e. The number of rotatable bonds is 5. The molecule has 0 saturated carbocycles. The standard InChI is InChI=1S/C16H19Cl2NS/c1-4-8-19-16(13-9-10(2)20-11(13)3)12-6-5-7-14(17)15(12)18/h5-7,9,16,19H,4,8H2,1-3H3. The minimum atomic E-state index is 0.103. The van der Waals surface area contributed by atoms with Crippen LogP contribution >= 0.6 is 34.5 Å². The zero-order valence-corrected chi connectivity index (χ0v) is 14.3. The second-order valence-corrected chi connectivity index (χ2v) is 7.14. The number of benzene rings is 1. The third-order valence-electron chi connectivity index (χ3n) is 3.28. The molecule has 1 aromatic carbocycles. The van der Waals surface area contributed by atoms with Gasteiger partial charge in [-0.05, 0) is 50.1 Å². The highest BCUT2D eigenvalue weighted by molar-refractivity contribution is 7.12. The van der Waals surface area contributed by atoms with Crippen LogP contribution in [0.25, 0.3) is 0 Å². The van der Waals surface area contributed by atoms with Crippen LogP contribution in [0, 0.1) is 13.8 Å². The zero-order chi connectivity index (χ0) is 14.7. The summed E-state index contributed by atoms with van der Waals surface area (Å²) < 4.78 is 0. The molecule has 2 rings (SSSR count). The van der Waals surface area contributed by atoms with Crippen molar-refractivity contribution < 1.29 is 0 Å². The molecule has 1 atom stereocenters. The molecule has 108 valence electrons. The number of hydrogen-bond donors (Lipinski definition) is 1. The molecule has 4 heteroatoms. The molecular formula is C16H19Cl2NS. The number of aryl methyl sites for hydroxylation is 2. The Morgan fingerprint density at radius 1 is 1.20 bits per heavy atom. The lowest BCUT2D eigenvalue weighted by Crippen LogP contribution is -2.23. The van der Waals surface area contributed by atoms with E-state index in [2.05, 4.69) is 32.2 Å². The summed E-state index contributed by atoms with van der Waals surface area (Å²) in [6, 6.07) is 8.18. The van der Waals surface area contributed by atoms with Gasteiger partial charge in [0.1, 0.15) is 0 Å². The highest BCUT2D eigenvalue weighted by Gasteiger charge is 2.20. The molecule has 1 heterocycles. The lowest BCUT2D eigenvalue weighted by Gasteiger charge is -2.21. The first-order valence-electron chi connectivity index (χ1n) is 6.78. The fourth-order valence-electron chi connectivity index (χ4n) is 2.36. The van der Waals surface area contributed by atoms with Crippen LogP contribution in [0.4, 0.5) is 0 Å². The molecule has 1 N–H and O–H groups in total. The van der Waals surface area contributed by atoms with Crippen LogP contribution in [0.1, 0.15) is 40.3 Å². The van der Waals surface area contributed by atoms with E-state index in [1.807, 2.05) is 29.5 Å². The predicted molar refractivity (Wildman–Crippen MR) is 90.4 cm³/mol. The normalized spacial score (nSPS) is 12.7. The van der Waals surface area contributed by atoms with Gasteiger partial charge in [-0.25, -0.2) is 0 Å². The van der Waals surface area contributed by atoms with Gasteiger partial charge in [-0.1, -0.05) is 42.3 Å². The van der Waals surface area contributed by atoms with Gasteiger partial charge in [-0.2, -0.15) is 0 Å². The fraction of sp³-hybridized carbons (Fsp3) is 0.375. The maximum Gasteiger partial charge on any atom is 0.0643 e. The van der Waals surface area contributed by atoms with Crippen LogP contribution in [-0.4, -0.2) is 6.54 Å². The average Bonchev–Trinajstić information content (AvgIpc) is 2.74. The predicted octanol–water partition coefficient (Wildman–Crippen LogP) is 5.76. The number of halogens is 2. The molecule has 0 amide bonds. The van der Waals surface area contributed by atoms with Crippen molar-refractivity contribution in [2.45, 2.75) is 33.2 Å². The van der Waals surface area contributed by atoms with Crippen LogP contribution in [0.2, 0.25) is 10.0 Å². The highest BCUT2D eigenvalue weighted by atomic mass is 35.5. The topological polar surface area (TPSA) is 12.0 Å². The van der Waals surface area contributed by atoms with Crippen LogP contribution < -0.4 is 5.32 Å². The molecule has 1 nitrogen and oxygen atoms in total. The van der Waals surface area contributed by atoms with Crippen molar-refractivity contribution in [2.24, 2.45) is 0 Å². The van der Waals surface area contributed by atoms with Gasteiger partial charge in [0.25, 0.3) is 0 Å². The molecule has 0 aliphatic carbocycles. The van der Waals surface area contributed by atoms with Gasteiger partial charge >= 0.3 is 0 Å². The van der Waals surface area contributed by atoms with Crippen molar-refractivity contribution >= 4 is 34.5 Å². The highest BCUT2D eigenvalue weighted by Crippen LogP contribution is 2.36. The lowest BCUT2D eigenvalue weighted by atomic mass is 9.98. The fourth-order valence-corrected chi connectivity index (χ4v) is 3.74.